The summed E-state index contributed by atoms with van der Waals surface area (Å²) in [6, 6.07) is 0.236. The molecular formula is C11H19NO4S. The van der Waals surface area contributed by atoms with Crippen molar-refractivity contribution >= 4 is 23.6 Å². The van der Waals surface area contributed by atoms with Crippen molar-refractivity contribution in [2.45, 2.75) is 31.7 Å². The van der Waals surface area contributed by atoms with Crippen LogP contribution in [0.25, 0.3) is 0 Å². The molecule has 6 heteroatoms. The minimum absolute atomic E-state index is 0.0359. The highest BCUT2D eigenvalue weighted by atomic mass is 32.2. The molecule has 0 spiro atoms. The van der Waals surface area contributed by atoms with Gasteiger partial charge in [-0.15, -0.1) is 11.8 Å². The monoisotopic (exact) mass is 261 g/mol. The van der Waals surface area contributed by atoms with Crippen LogP contribution in [0.15, 0.2) is 0 Å². The molecule has 1 aliphatic rings. The quantitative estimate of drug-likeness (QED) is 0.700. The van der Waals surface area contributed by atoms with Gasteiger partial charge in [0.25, 0.3) is 0 Å². The van der Waals surface area contributed by atoms with Crippen LogP contribution in [-0.4, -0.2) is 57.7 Å². The normalized spacial score (nSPS) is 16.1. The predicted molar refractivity (Wildman–Crippen MR) is 66.0 cm³/mol. The third-order valence-electron chi connectivity index (χ3n) is 2.88. The Hall–Kier alpha value is -0.750. The highest BCUT2D eigenvalue weighted by Crippen LogP contribution is 2.23. The molecule has 0 unspecified atom stereocenters. The van der Waals surface area contributed by atoms with E-state index in [-0.39, 0.29) is 30.1 Å². The second-order valence-electron chi connectivity index (χ2n) is 4.14. The molecule has 1 fully saturated rings. The fraction of sp³-hybridized carbons (Fsp3) is 0.818. The number of hydrogen-bond donors (Lipinski definition) is 2. The average molecular weight is 261 g/mol. The van der Waals surface area contributed by atoms with E-state index in [4.69, 9.17) is 10.2 Å². The number of aliphatic carboxylic acids is 1. The Bertz CT molecular complexity index is 266. The second kappa shape index (κ2) is 7.55. The van der Waals surface area contributed by atoms with Crippen molar-refractivity contribution in [2.24, 2.45) is 0 Å². The molecule has 5 nitrogen and oxygen atoms in total. The lowest BCUT2D eigenvalue weighted by molar-refractivity contribution is -0.133. The first-order valence-electron chi connectivity index (χ1n) is 5.85. The number of carboxylic acids is 1. The molecule has 1 saturated carbocycles. The fourth-order valence-corrected chi connectivity index (χ4v) is 2.76. The summed E-state index contributed by atoms with van der Waals surface area (Å²) in [6.07, 6.45) is 4.25. The first-order chi connectivity index (χ1) is 8.15. The van der Waals surface area contributed by atoms with Gasteiger partial charge in [0.2, 0.25) is 5.91 Å². The predicted octanol–water partition coefficient (Wildman–Crippen LogP) is 0.568. The number of nitrogens with zero attached hydrogens (tertiary/aromatic N) is 1. The van der Waals surface area contributed by atoms with Crippen LogP contribution in [0.5, 0.6) is 0 Å². The van der Waals surface area contributed by atoms with Crippen molar-refractivity contribution in [3.63, 3.8) is 0 Å². The maximum Gasteiger partial charge on any atom is 0.313 e. The van der Waals surface area contributed by atoms with Gasteiger partial charge < -0.3 is 15.1 Å². The second-order valence-corrected chi connectivity index (χ2v) is 5.12. The van der Waals surface area contributed by atoms with Crippen LogP contribution in [0.4, 0.5) is 0 Å². The molecule has 17 heavy (non-hydrogen) atoms. The molecular weight excluding hydrogens is 242 g/mol. The minimum Gasteiger partial charge on any atom is -0.481 e. The zero-order valence-electron chi connectivity index (χ0n) is 9.80. The van der Waals surface area contributed by atoms with Gasteiger partial charge in [0.1, 0.15) is 0 Å². The molecule has 0 aliphatic heterocycles. The van der Waals surface area contributed by atoms with Crippen molar-refractivity contribution in [2.75, 3.05) is 24.7 Å². The van der Waals surface area contributed by atoms with Gasteiger partial charge in [-0.1, -0.05) is 12.8 Å². The van der Waals surface area contributed by atoms with Gasteiger partial charge in [0.05, 0.1) is 18.1 Å². The fourth-order valence-electron chi connectivity index (χ4n) is 2.14. The van der Waals surface area contributed by atoms with Crippen molar-refractivity contribution in [3.05, 3.63) is 0 Å². The Kier molecular flexibility index (Phi) is 6.36. The van der Waals surface area contributed by atoms with Crippen molar-refractivity contribution in [1.82, 2.24) is 4.90 Å². The van der Waals surface area contributed by atoms with Gasteiger partial charge in [-0.25, -0.2) is 0 Å². The number of carbonyl (C=O) groups is 2. The van der Waals surface area contributed by atoms with E-state index in [2.05, 4.69) is 0 Å². The lowest BCUT2D eigenvalue weighted by Crippen LogP contribution is -2.41. The largest absolute Gasteiger partial charge is 0.481 e. The SMILES string of the molecule is O=C(O)CSCC(=O)N(CCO)C1CCCC1. The summed E-state index contributed by atoms with van der Waals surface area (Å²) in [7, 11) is 0. The standard InChI is InChI=1S/C11H19NO4S/c13-6-5-12(9-3-1-2-4-9)10(14)7-17-8-11(15)16/h9,13H,1-8H2,(H,15,16). The van der Waals surface area contributed by atoms with E-state index in [9.17, 15) is 9.59 Å². The van der Waals surface area contributed by atoms with Crippen LogP contribution < -0.4 is 0 Å². The van der Waals surface area contributed by atoms with E-state index in [1.54, 1.807) is 4.90 Å². The van der Waals surface area contributed by atoms with Gasteiger partial charge in [0, 0.05) is 12.6 Å². The van der Waals surface area contributed by atoms with Gasteiger partial charge in [-0.2, -0.15) is 0 Å². The van der Waals surface area contributed by atoms with Gasteiger partial charge in [-0.3, -0.25) is 9.59 Å². The van der Waals surface area contributed by atoms with Crippen molar-refractivity contribution in [3.8, 4) is 0 Å². The molecule has 0 atom stereocenters. The van der Waals surface area contributed by atoms with E-state index in [0.29, 0.717) is 6.54 Å². The molecule has 0 radical (unpaired) electrons. The molecule has 0 heterocycles. The summed E-state index contributed by atoms with van der Waals surface area (Å²) in [6.45, 7) is 0.322. The highest BCUT2D eigenvalue weighted by Gasteiger charge is 2.25. The number of amides is 1. The first-order valence-corrected chi connectivity index (χ1v) is 7.00. The van der Waals surface area contributed by atoms with Gasteiger partial charge >= 0.3 is 5.97 Å². The molecule has 1 amide bonds. The van der Waals surface area contributed by atoms with E-state index < -0.39 is 5.97 Å². The minimum atomic E-state index is -0.905. The van der Waals surface area contributed by atoms with Crippen LogP contribution >= 0.6 is 11.8 Å². The lowest BCUT2D eigenvalue weighted by Gasteiger charge is -2.28. The van der Waals surface area contributed by atoms with E-state index in [1.807, 2.05) is 0 Å². The Morgan fingerprint density at radius 3 is 2.41 bits per heavy atom. The Labute approximate surface area is 105 Å². The molecule has 98 valence electrons. The number of thioether (sulfide) groups is 1. The molecule has 0 aromatic carbocycles. The van der Waals surface area contributed by atoms with Crippen molar-refractivity contribution < 1.29 is 19.8 Å². The Morgan fingerprint density at radius 1 is 1.24 bits per heavy atom. The molecule has 0 bridgehead atoms. The summed E-state index contributed by atoms with van der Waals surface area (Å²) in [5.74, 6) is -0.832. The average Bonchev–Trinajstić information content (AvgIpc) is 2.78. The summed E-state index contributed by atoms with van der Waals surface area (Å²) >= 11 is 1.11. The molecule has 1 aliphatic carbocycles. The molecule has 0 aromatic heterocycles. The summed E-state index contributed by atoms with van der Waals surface area (Å²) in [5.41, 5.74) is 0. The Balaban J connectivity index is 2.39. The van der Waals surface area contributed by atoms with E-state index in [0.717, 1.165) is 37.4 Å². The molecule has 0 saturated heterocycles. The smallest absolute Gasteiger partial charge is 0.313 e. The number of rotatable bonds is 7. The highest BCUT2D eigenvalue weighted by molar-refractivity contribution is 8.00. The first kappa shape index (κ1) is 14.3. The summed E-state index contributed by atoms with van der Waals surface area (Å²) in [5, 5.41) is 17.5. The van der Waals surface area contributed by atoms with Crippen LogP contribution in [0.1, 0.15) is 25.7 Å². The summed E-state index contributed by atoms with van der Waals surface area (Å²) in [4.78, 5) is 24.0. The van der Waals surface area contributed by atoms with E-state index >= 15 is 0 Å². The Morgan fingerprint density at radius 2 is 1.88 bits per heavy atom. The molecule has 2 N–H and O–H groups in total. The van der Waals surface area contributed by atoms with Crippen LogP contribution in [0, 0.1) is 0 Å². The number of hydrogen-bond acceptors (Lipinski definition) is 4. The van der Waals surface area contributed by atoms with Crippen LogP contribution in [0.2, 0.25) is 0 Å². The third-order valence-corrected chi connectivity index (χ3v) is 3.78. The van der Waals surface area contributed by atoms with E-state index in [1.165, 1.54) is 0 Å². The van der Waals surface area contributed by atoms with Gasteiger partial charge in [-0.05, 0) is 12.8 Å². The van der Waals surface area contributed by atoms with Crippen LogP contribution in [0.3, 0.4) is 0 Å². The number of aliphatic hydroxyl groups is 1. The molecule has 0 aromatic rings. The third kappa shape index (κ3) is 4.95. The lowest BCUT2D eigenvalue weighted by atomic mass is 10.2. The summed E-state index contributed by atoms with van der Waals surface area (Å²) < 4.78 is 0. The maximum atomic E-state index is 11.9. The van der Waals surface area contributed by atoms with Crippen LogP contribution in [-0.2, 0) is 9.59 Å². The topological polar surface area (TPSA) is 77.8 Å². The number of aliphatic hydroxyl groups excluding tert-OH is 1. The molecule has 1 rings (SSSR count). The number of carboxylic acid groups (broad SMARTS) is 1. The van der Waals surface area contributed by atoms with Gasteiger partial charge in [0.15, 0.2) is 0 Å². The number of carbonyl (C=O) groups excluding carboxylic acids is 1. The maximum absolute atomic E-state index is 11.9. The zero-order chi connectivity index (χ0) is 12.7. The van der Waals surface area contributed by atoms with Crippen molar-refractivity contribution in [1.29, 1.82) is 0 Å². The zero-order valence-corrected chi connectivity index (χ0v) is 10.6.